The lowest BCUT2D eigenvalue weighted by molar-refractivity contribution is -0.137. The maximum absolute atomic E-state index is 10.8. The Morgan fingerprint density at radius 2 is 2.40 bits per heavy atom. The first-order chi connectivity index (χ1) is 7.08. The Bertz CT molecular complexity index is 422. The molecule has 1 atom stereocenters. The summed E-state index contributed by atoms with van der Waals surface area (Å²) in [4.78, 5) is 11.8. The van der Waals surface area contributed by atoms with Gasteiger partial charge >= 0.3 is 5.97 Å². The minimum absolute atomic E-state index is 0.530. The molecule has 0 amide bonds. The van der Waals surface area contributed by atoms with Gasteiger partial charge in [0.15, 0.2) is 0 Å². The van der Waals surface area contributed by atoms with Gasteiger partial charge in [-0.3, -0.25) is 0 Å². The van der Waals surface area contributed by atoms with Gasteiger partial charge in [0.2, 0.25) is 0 Å². The number of hydrogen-bond donors (Lipinski definition) is 2. The van der Waals surface area contributed by atoms with E-state index in [2.05, 4.69) is 5.32 Å². The summed E-state index contributed by atoms with van der Waals surface area (Å²) >= 11 is 7.57. The van der Waals surface area contributed by atoms with Gasteiger partial charge in [-0.15, -0.1) is 11.8 Å². The third kappa shape index (κ3) is 2.06. The van der Waals surface area contributed by atoms with E-state index >= 15 is 0 Å². The Hall–Kier alpha value is -0.870. The Labute approximate surface area is 96.8 Å². The van der Waals surface area contributed by atoms with E-state index in [9.17, 15) is 4.79 Å². The van der Waals surface area contributed by atoms with E-state index in [4.69, 9.17) is 16.7 Å². The number of carboxylic acid groups (broad SMARTS) is 1. The number of rotatable bonds is 1. The van der Waals surface area contributed by atoms with Crippen LogP contribution in [0.2, 0.25) is 5.02 Å². The average molecular weight is 244 g/mol. The Morgan fingerprint density at radius 3 is 3.07 bits per heavy atom. The maximum atomic E-state index is 10.8. The van der Waals surface area contributed by atoms with Crippen LogP contribution in [0.25, 0.3) is 0 Å². The molecule has 3 nitrogen and oxygen atoms in total. The average Bonchev–Trinajstić information content (AvgIpc) is 2.16. The molecule has 0 bridgehead atoms. The Balaban J connectivity index is 2.37. The van der Waals surface area contributed by atoms with E-state index in [1.165, 1.54) is 11.8 Å². The molecule has 1 aromatic carbocycles. The van der Waals surface area contributed by atoms with Crippen LogP contribution < -0.4 is 5.32 Å². The molecule has 0 aliphatic carbocycles. The third-order valence-electron chi connectivity index (χ3n) is 2.22. The van der Waals surface area contributed by atoms with Gasteiger partial charge in [0.05, 0.1) is 10.7 Å². The zero-order valence-electron chi connectivity index (χ0n) is 8.08. The highest BCUT2D eigenvalue weighted by Gasteiger charge is 2.25. The van der Waals surface area contributed by atoms with E-state index < -0.39 is 12.0 Å². The predicted octanol–water partition coefficient (Wildman–Crippen LogP) is 2.62. The van der Waals surface area contributed by atoms with Crippen molar-refractivity contribution in [2.24, 2.45) is 0 Å². The molecule has 0 aromatic heterocycles. The number of aliphatic carboxylic acids is 1. The zero-order chi connectivity index (χ0) is 11.0. The number of carbonyl (C=O) groups is 1. The number of carboxylic acids is 1. The van der Waals surface area contributed by atoms with Crippen LogP contribution in [0.1, 0.15) is 5.56 Å². The summed E-state index contributed by atoms with van der Waals surface area (Å²) in [7, 11) is 0. The molecule has 1 aromatic rings. The molecule has 1 aliphatic rings. The molecule has 0 saturated heterocycles. The highest BCUT2D eigenvalue weighted by Crippen LogP contribution is 2.39. The van der Waals surface area contributed by atoms with Crippen LogP contribution in [-0.4, -0.2) is 22.9 Å². The number of benzene rings is 1. The molecule has 80 valence electrons. The van der Waals surface area contributed by atoms with Crippen molar-refractivity contribution in [3.8, 4) is 0 Å². The molecule has 0 fully saturated rings. The monoisotopic (exact) mass is 243 g/mol. The van der Waals surface area contributed by atoms with Crippen molar-refractivity contribution in [2.45, 2.75) is 17.9 Å². The fourth-order valence-corrected chi connectivity index (χ4v) is 3.03. The fourth-order valence-electron chi connectivity index (χ4n) is 1.49. The highest BCUT2D eigenvalue weighted by atomic mass is 35.5. The molecule has 1 unspecified atom stereocenters. The summed E-state index contributed by atoms with van der Waals surface area (Å²) < 4.78 is 0. The summed E-state index contributed by atoms with van der Waals surface area (Å²) in [5.74, 6) is -0.313. The molecule has 0 spiro atoms. The van der Waals surface area contributed by atoms with Gasteiger partial charge in [-0.25, -0.2) is 4.79 Å². The largest absolute Gasteiger partial charge is 0.480 e. The minimum Gasteiger partial charge on any atom is -0.480 e. The van der Waals surface area contributed by atoms with Crippen molar-refractivity contribution >= 4 is 35.0 Å². The number of nitrogens with one attached hydrogen (secondary N) is 1. The molecule has 15 heavy (non-hydrogen) atoms. The molecule has 1 aliphatic heterocycles. The zero-order valence-corrected chi connectivity index (χ0v) is 9.65. The molecule has 2 N–H and O–H groups in total. The van der Waals surface area contributed by atoms with E-state index in [0.717, 1.165) is 16.1 Å². The number of halogens is 1. The molecule has 1 heterocycles. The molecule has 5 heteroatoms. The summed E-state index contributed by atoms with van der Waals surface area (Å²) in [5, 5.41) is 12.4. The summed E-state index contributed by atoms with van der Waals surface area (Å²) in [6.45, 7) is 1.97. The van der Waals surface area contributed by atoms with Gasteiger partial charge in [0.25, 0.3) is 0 Å². The van der Waals surface area contributed by atoms with Gasteiger partial charge in [-0.05, 0) is 24.6 Å². The van der Waals surface area contributed by atoms with Gasteiger partial charge < -0.3 is 10.4 Å². The lowest BCUT2D eigenvalue weighted by Gasteiger charge is -2.24. The van der Waals surface area contributed by atoms with Crippen LogP contribution in [0.15, 0.2) is 17.0 Å². The van der Waals surface area contributed by atoms with Crippen molar-refractivity contribution in [2.75, 3.05) is 11.1 Å². The quantitative estimate of drug-likeness (QED) is 0.796. The number of thioether (sulfide) groups is 1. The standard InChI is InChI=1S/C10H10ClNO2S/c1-5-2-6(11)9-8(3-5)15-4-7(12-9)10(13)14/h2-3,7,12H,4H2,1H3,(H,13,14). The third-order valence-corrected chi connectivity index (χ3v) is 3.65. The number of anilines is 1. The topological polar surface area (TPSA) is 49.3 Å². The first-order valence-corrected chi connectivity index (χ1v) is 5.86. The lowest BCUT2D eigenvalue weighted by atomic mass is 10.2. The number of hydrogen-bond acceptors (Lipinski definition) is 3. The molecular formula is C10H10ClNO2S. The molecular weight excluding hydrogens is 234 g/mol. The van der Waals surface area contributed by atoms with Gasteiger partial charge in [0, 0.05) is 10.6 Å². The second-order valence-electron chi connectivity index (χ2n) is 3.47. The number of fused-ring (bicyclic) bond motifs is 1. The highest BCUT2D eigenvalue weighted by molar-refractivity contribution is 7.99. The minimum atomic E-state index is -0.843. The summed E-state index contributed by atoms with van der Waals surface area (Å²) in [5.41, 5.74) is 1.83. The SMILES string of the molecule is Cc1cc(Cl)c2c(c1)SCC(C(=O)O)N2. The van der Waals surface area contributed by atoms with Crippen molar-refractivity contribution in [3.63, 3.8) is 0 Å². The first-order valence-electron chi connectivity index (χ1n) is 4.50. The normalized spacial score (nSPS) is 19.2. The Morgan fingerprint density at radius 1 is 1.67 bits per heavy atom. The predicted molar refractivity (Wildman–Crippen MR) is 62.0 cm³/mol. The van der Waals surface area contributed by atoms with Crippen LogP contribution in [0.5, 0.6) is 0 Å². The molecule has 2 rings (SSSR count). The first kappa shape index (κ1) is 10.6. The van der Waals surface area contributed by atoms with E-state index in [1.807, 2.05) is 19.1 Å². The lowest BCUT2D eigenvalue weighted by Crippen LogP contribution is -2.34. The smallest absolute Gasteiger partial charge is 0.326 e. The number of aryl methyl sites for hydroxylation is 1. The van der Waals surface area contributed by atoms with E-state index in [1.54, 1.807) is 0 Å². The van der Waals surface area contributed by atoms with Gasteiger partial charge in [-0.1, -0.05) is 11.6 Å². The van der Waals surface area contributed by atoms with Crippen LogP contribution >= 0.6 is 23.4 Å². The van der Waals surface area contributed by atoms with Crippen molar-refractivity contribution in [1.82, 2.24) is 0 Å². The van der Waals surface area contributed by atoms with Crippen molar-refractivity contribution in [3.05, 3.63) is 22.7 Å². The van der Waals surface area contributed by atoms with Crippen molar-refractivity contribution in [1.29, 1.82) is 0 Å². The van der Waals surface area contributed by atoms with Gasteiger partial charge in [-0.2, -0.15) is 0 Å². The molecule has 0 saturated carbocycles. The van der Waals surface area contributed by atoms with E-state index in [0.29, 0.717) is 10.8 Å². The summed E-state index contributed by atoms with van der Waals surface area (Å²) in [6.07, 6.45) is 0. The summed E-state index contributed by atoms with van der Waals surface area (Å²) in [6, 6.07) is 3.29. The van der Waals surface area contributed by atoms with Gasteiger partial charge in [0.1, 0.15) is 6.04 Å². The fraction of sp³-hybridized carbons (Fsp3) is 0.300. The maximum Gasteiger partial charge on any atom is 0.326 e. The second kappa shape index (κ2) is 3.94. The molecule has 0 radical (unpaired) electrons. The van der Waals surface area contributed by atoms with Crippen molar-refractivity contribution < 1.29 is 9.90 Å². The second-order valence-corrected chi connectivity index (χ2v) is 4.94. The van der Waals surface area contributed by atoms with E-state index in [-0.39, 0.29) is 0 Å². The van der Waals surface area contributed by atoms with Crippen LogP contribution in [-0.2, 0) is 4.79 Å². The van der Waals surface area contributed by atoms with Crippen LogP contribution in [0.3, 0.4) is 0 Å². The van der Waals surface area contributed by atoms with Crippen LogP contribution in [0, 0.1) is 6.92 Å². The van der Waals surface area contributed by atoms with Crippen LogP contribution in [0.4, 0.5) is 5.69 Å². The Kier molecular flexibility index (Phi) is 2.80.